The Bertz CT molecular complexity index is 1210. The normalized spacial score (nSPS) is 13.8. The van der Waals surface area contributed by atoms with E-state index >= 15 is 0 Å². The fourth-order valence-corrected chi connectivity index (χ4v) is 2.79. The fraction of sp³-hybridized carbons (Fsp3) is 0. The first-order chi connectivity index (χ1) is 12.5. The van der Waals surface area contributed by atoms with Gasteiger partial charge in [0.05, 0.1) is 0 Å². The van der Waals surface area contributed by atoms with Crippen LogP contribution in [0.25, 0.3) is 22.3 Å². The molecule has 2 aromatic carbocycles. The predicted octanol–water partition coefficient (Wildman–Crippen LogP) is 2.15. The molecule has 0 amide bonds. The van der Waals surface area contributed by atoms with Gasteiger partial charge >= 0.3 is 6.16 Å². The van der Waals surface area contributed by atoms with Crippen LogP contribution in [0.15, 0.2) is 27.4 Å². The molecule has 0 unspecified atom stereocenters. The van der Waals surface area contributed by atoms with E-state index in [9.17, 15) is 24.9 Å². The number of hydrogen-bond acceptors (Lipinski definition) is 10. The van der Waals surface area contributed by atoms with Gasteiger partial charge in [-0.15, -0.1) is 0 Å². The number of rotatable bonds is 1. The average Bonchev–Trinajstić information content (AvgIpc) is 2.84. The SMILES string of the molecule is O=C1Oc2c(-c3ccc(O)c(O)c3)oc3c4c(O)c(c(c3c2=O)O1)OO4. The largest absolute Gasteiger partial charge is 0.519 e. The van der Waals surface area contributed by atoms with Crippen molar-refractivity contribution >= 4 is 17.1 Å². The topological polar surface area (TPSA) is 145 Å². The van der Waals surface area contributed by atoms with E-state index in [1.54, 1.807) is 0 Å². The number of phenols is 3. The van der Waals surface area contributed by atoms with Crippen molar-refractivity contribution in [1.29, 1.82) is 0 Å². The van der Waals surface area contributed by atoms with Gasteiger partial charge in [-0.2, -0.15) is 0 Å². The first-order valence-electron chi connectivity index (χ1n) is 7.12. The molecule has 26 heavy (non-hydrogen) atoms. The molecule has 5 rings (SSSR count). The first kappa shape index (κ1) is 14.3. The Morgan fingerprint density at radius 3 is 2.31 bits per heavy atom. The Hall–Kier alpha value is -4.08. The lowest BCUT2D eigenvalue weighted by Gasteiger charge is -2.08. The highest BCUT2D eigenvalue weighted by Gasteiger charge is 2.39. The van der Waals surface area contributed by atoms with Crippen molar-refractivity contribution in [2.75, 3.05) is 0 Å². The molecule has 10 nitrogen and oxygen atoms in total. The molecular weight excluding hydrogens is 352 g/mol. The minimum atomic E-state index is -1.26. The summed E-state index contributed by atoms with van der Waals surface area (Å²) in [4.78, 5) is 34.4. The second kappa shape index (κ2) is 4.51. The van der Waals surface area contributed by atoms with Gasteiger partial charge in [0, 0.05) is 5.56 Å². The number of ether oxygens (including phenoxy) is 2. The summed E-state index contributed by atoms with van der Waals surface area (Å²) in [6.07, 6.45) is -1.26. The molecule has 0 spiro atoms. The third-order valence-electron chi connectivity index (χ3n) is 3.96. The van der Waals surface area contributed by atoms with Gasteiger partial charge < -0.3 is 29.2 Å². The molecule has 0 fully saturated rings. The molecule has 130 valence electrons. The zero-order valence-electron chi connectivity index (χ0n) is 12.4. The minimum absolute atomic E-state index is 0.111. The van der Waals surface area contributed by atoms with E-state index in [-0.39, 0.29) is 33.8 Å². The van der Waals surface area contributed by atoms with Crippen LogP contribution in [-0.4, -0.2) is 21.5 Å². The van der Waals surface area contributed by atoms with Crippen molar-refractivity contribution in [3.8, 4) is 51.6 Å². The third kappa shape index (κ3) is 1.64. The highest BCUT2D eigenvalue weighted by Crippen LogP contribution is 2.55. The maximum Gasteiger partial charge on any atom is 0.519 e. The highest BCUT2D eigenvalue weighted by molar-refractivity contribution is 5.99. The molecular formula is C16H6O10. The number of fused-ring (bicyclic) bond motifs is 5. The molecule has 0 aliphatic carbocycles. The number of carbonyl (C=O) groups excluding carboxylic acids is 1. The second-order valence-electron chi connectivity index (χ2n) is 5.45. The molecule has 2 aliphatic rings. The lowest BCUT2D eigenvalue weighted by molar-refractivity contribution is -0.0855. The van der Waals surface area contributed by atoms with E-state index < -0.39 is 40.3 Å². The maximum atomic E-state index is 12.8. The Kier molecular flexibility index (Phi) is 2.47. The summed E-state index contributed by atoms with van der Waals surface area (Å²) >= 11 is 0. The summed E-state index contributed by atoms with van der Waals surface area (Å²) in [6, 6.07) is 3.57. The quantitative estimate of drug-likeness (QED) is 0.256. The van der Waals surface area contributed by atoms with Crippen LogP contribution in [0, 0.1) is 0 Å². The Morgan fingerprint density at radius 1 is 0.808 bits per heavy atom. The highest BCUT2D eigenvalue weighted by atomic mass is 17.2. The molecule has 1 aromatic heterocycles. The molecule has 2 aliphatic heterocycles. The fourth-order valence-electron chi connectivity index (χ4n) is 2.79. The molecule has 3 aromatic rings. The summed E-state index contributed by atoms with van der Waals surface area (Å²) < 4.78 is 15.5. The standard InChI is InChI=1S/C16H6O10/c17-5-2-1-4(3-6(5)18)10-13-8(19)7-11(22-10)14-9(20)15(26-25-14)12(7)23-16(21)24-13/h1-3,17-18,20H. The Balaban J connectivity index is 1.94. The van der Waals surface area contributed by atoms with Crippen LogP contribution in [0.3, 0.4) is 0 Å². The number of aromatic hydroxyl groups is 3. The maximum absolute atomic E-state index is 12.8. The Labute approximate surface area is 141 Å². The number of benzene rings is 2. The summed E-state index contributed by atoms with van der Waals surface area (Å²) in [5, 5.41) is 29.0. The first-order valence-corrected chi connectivity index (χ1v) is 7.12. The number of carbonyl (C=O) groups is 1. The van der Waals surface area contributed by atoms with Crippen LogP contribution in [0.2, 0.25) is 0 Å². The minimum Gasteiger partial charge on any atom is -0.504 e. The van der Waals surface area contributed by atoms with Gasteiger partial charge in [-0.25, -0.2) is 4.79 Å². The van der Waals surface area contributed by atoms with Gasteiger partial charge in [-0.1, -0.05) is 0 Å². The van der Waals surface area contributed by atoms with Crippen LogP contribution in [0.4, 0.5) is 4.79 Å². The van der Waals surface area contributed by atoms with Crippen molar-refractivity contribution in [2.24, 2.45) is 0 Å². The van der Waals surface area contributed by atoms with Crippen LogP contribution in [-0.2, 0) is 0 Å². The predicted molar refractivity (Wildman–Crippen MR) is 80.8 cm³/mol. The lowest BCUT2D eigenvalue weighted by atomic mass is 10.1. The zero-order valence-corrected chi connectivity index (χ0v) is 12.4. The van der Waals surface area contributed by atoms with Crippen LogP contribution < -0.4 is 24.7 Å². The summed E-state index contributed by atoms with van der Waals surface area (Å²) in [5.41, 5.74) is -0.903. The van der Waals surface area contributed by atoms with E-state index in [4.69, 9.17) is 23.7 Å². The van der Waals surface area contributed by atoms with Crippen molar-refractivity contribution in [3.63, 3.8) is 0 Å². The molecule has 4 bridgehead atoms. The van der Waals surface area contributed by atoms with Gasteiger partial charge in [0.15, 0.2) is 22.8 Å². The van der Waals surface area contributed by atoms with E-state index in [2.05, 4.69) is 0 Å². The molecule has 0 saturated heterocycles. The molecule has 3 heterocycles. The monoisotopic (exact) mass is 358 g/mol. The summed E-state index contributed by atoms with van der Waals surface area (Å²) in [7, 11) is 0. The van der Waals surface area contributed by atoms with E-state index in [1.807, 2.05) is 0 Å². The lowest BCUT2D eigenvalue weighted by Crippen LogP contribution is -2.15. The number of phenolic OH excluding ortho intramolecular Hbond substituents is 3. The van der Waals surface area contributed by atoms with Gasteiger partial charge in [0.2, 0.25) is 22.7 Å². The van der Waals surface area contributed by atoms with Crippen LogP contribution in [0.1, 0.15) is 0 Å². The molecule has 0 saturated carbocycles. The van der Waals surface area contributed by atoms with E-state index in [1.165, 1.54) is 6.07 Å². The van der Waals surface area contributed by atoms with Crippen LogP contribution >= 0.6 is 0 Å². The third-order valence-corrected chi connectivity index (χ3v) is 3.96. The second-order valence-corrected chi connectivity index (χ2v) is 5.45. The van der Waals surface area contributed by atoms with Crippen molar-refractivity contribution < 1.29 is 43.8 Å². The van der Waals surface area contributed by atoms with Gasteiger partial charge in [-0.05, 0) is 18.2 Å². The smallest absolute Gasteiger partial charge is 0.504 e. The van der Waals surface area contributed by atoms with Gasteiger partial charge in [-0.3, -0.25) is 14.6 Å². The molecule has 3 N–H and O–H groups in total. The van der Waals surface area contributed by atoms with Crippen molar-refractivity contribution in [1.82, 2.24) is 0 Å². The number of hydrogen-bond donors (Lipinski definition) is 3. The molecule has 10 heteroatoms. The van der Waals surface area contributed by atoms with Gasteiger partial charge in [0.25, 0.3) is 11.5 Å². The summed E-state index contributed by atoms with van der Waals surface area (Å²) in [6.45, 7) is 0. The van der Waals surface area contributed by atoms with Crippen LogP contribution in [0.5, 0.6) is 40.2 Å². The van der Waals surface area contributed by atoms with E-state index in [0.717, 1.165) is 12.1 Å². The van der Waals surface area contributed by atoms with Crippen molar-refractivity contribution in [2.45, 2.75) is 0 Å². The molecule has 0 atom stereocenters. The Morgan fingerprint density at radius 2 is 1.54 bits per heavy atom. The average molecular weight is 358 g/mol. The zero-order chi connectivity index (χ0) is 18.2. The summed E-state index contributed by atoms with van der Waals surface area (Å²) in [5.74, 6) is -3.16. The van der Waals surface area contributed by atoms with Gasteiger partial charge in [0.1, 0.15) is 5.39 Å². The molecule has 0 radical (unpaired) electrons. The van der Waals surface area contributed by atoms with E-state index in [0.29, 0.717) is 0 Å². The van der Waals surface area contributed by atoms with Crippen molar-refractivity contribution in [3.05, 3.63) is 28.4 Å².